The molecule has 0 aromatic heterocycles. The van der Waals surface area contributed by atoms with Crippen molar-refractivity contribution in [2.24, 2.45) is 0 Å². The van der Waals surface area contributed by atoms with Crippen LogP contribution in [0.4, 0.5) is 14.4 Å². The number of hydrogen-bond donors (Lipinski definition) is 3. The highest BCUT2D eigenvalue weighted by atomic mass is 16.6. The standard InChI is InChI=1S/C30H27N3O12/c34-25-22(31-28(37)43-19-10-4-1-5-11-19)16-40-26(35)24(33-30(39)45-21-14-8-3-9-15-21)18-42-27(36)23(17-41-25)32-29(38)44-20-12-6-2-7-13-20/h1-15,22-24H,16-18H2,(H,31,37)(H,32,38)(H,33,39). The number of benzene rings is 3. The van der Waals surface area contributed by atoms with Crippen LogP contribution in [0.25, 0.3) is 0 Å². The van der Waals surface area contributed by atoms with Crippen molar-refractivity contribution >= 4 is 36.2 Å². The number of rotatable bonds is 6. The predicted molar refractivity (Wildman–Crippen MR) is 151 cm³/mol. The molecular formula is C30H27N3O12. The van der Waals surface area contributed by atoms with E-state index >= 15 is 0 Å². The van der Waals surface area contributed by atoms with Gasteiger partial charge >= 0.3 is 36.2 Å². The third-order valence-electron chi connectivity index (χ3n) is 5.77. The molecule has 0 aliphatic carbocycles. The van der Waals surface area contributed by atoms with Gasteiger partial charge in [-0.15, -0.1) is 0 Å². The van der Waals surface area contributed by atoms with Crippen molar-refractivity contribution in [2.75, 3.05) is 19.8 Å². The molecule has 15 nitrogen and oxygen atoms in total. The topological polar surface area (TPSA) is 194 Å². The van der Waals surface area contributed by atoms with Crippen LogP contribution in [0.2, 0.25) is 0 Å². The summed E-state index contributed by atoms with van der Waals surface area (Å²) in [6, 6.07) is 18.8. The maximum absolute atomic E-state index is 12.9. The lowest BCUT2D eigenvalue weighted by molar-refractivity contribution is -0.160. The Labute approximate surface area is 255 Å². The molecule has 3 atom stereocenters. The molecular weight excluding hydrogens is 594 g/mol. The first-order chi connectivity index (χ1) is 21.8. The zero-order valence-corrected chi connectivity index (χ0v) is 23.4. The lowest BCUT2D eigenvalue weighted by atomic mass is 10.2. The number of ether oxygens (including phenoxy) is 6. The number of hydrogen-bond acceptors (Lipinski definition) is 12. The molecule has 1 saturated heterocycles. The van der Waals surface area contributed by atoms with E-state index in [-0.39, 0.29) is 17.2 Å². The minimum atomic E-state index is -1.63. The summed E-state index contributed by atoms with van der Waals surface area (Å²) in [6.45, 7) is -2.30. The molecule has 1 aliphatic heterocycles. The smallest absolute Gasteiger partial charge is 0.413 e. The molecule has 3 aromatic carbocycles. The monoisotopic (exact) mass is 621 g/mol. The van der Waals surface area contributed by atoms with Gasteiger partial charge in [-0.2, -0.15) is 0 Å². The summed E-state index contributed by atoms with van der Waals surface area (Å²) in [7, 11) is 0. The second-order valence-electron chi connectivity index (χ2n) is 9.09. The highest BCUT2D eigenvalue weighted by Crippen LogP contribution is 2.12. The van der Waals surface area contributed by atoms with E-state index in [9.17, 15) is 28.8 Å². The highest BCUT2D eigenvalue weighted by Gasteiger charge is 2.34. The van der Waals surface area contributed by atoms with Crippen molar-refractivity contribution in [3.63, 3.8) is 0 Å². The SMILES string of the molecule is O=C(NC1COC(=O)C(NC(=O)Oc2ccccc2)COC(=O)C(NC(=O)Oc2ccccc2)COC1=O)Oc1ccccc1. The van der Waals surface area contributed by atoms with Crippen LogP contribution in [0, 0.1) is 0 Å². The first-order valence-corrected chi connectivity index (χ1v) is 13.4. The predicted octanol–water partition coefficient (Wildman–Crippen LogP) is 2.10. The Morgan fingerprint density at radius 1 is 0.467 bits per heavy atom. The fourth-order valence-corrected chi connectivity index (χ4v) is 3.61. The summed E-state index contributed by atoms with van der Waals surface area (Å²) >= 11 is 0. The van der Waals surface area contributed by atoms with E-state index in [2.05, 4.69) is 16.0 Å². The summed E-state index contributed by atoms with van der Waals surface area (Å²) in [5, 5.41) is 6.67. The van der Waals surface area contributed by atoms with Gasteiger partial charge in [0.05, 0.1) is 0 Å². The lowest BCUT2D eigenvalue weighted by Gasteiger charge is -2.24. The van der Waals surface area contributed by atoms with Crippen LogP contribution in [-0.2, 0) is 28.6 Å². The number of para-hydroxylation sites is 3. The molecule has 4 rings (SSSR count). The largest absolute Gasteiger partial charge is 0.461 e. The van der Waals surface area contributed by atoms with Crippen LogP contribution >= 0.6 is 0 Å². The fourth-order valence-electron chi connectivity index (χ4n) is 3.61. The van der Waals surface area contributed by atoms with Crippen molar-refractivity contribution in [1.82, 2.24) is 16.0 Å². The average Bonchev–Trinajstić information content (AvgIpc) is 3.03. The lowest BCUT2D eigenvalue weighted by Crippen LogP contribution is -2.53. The summed E-state index contributed by atoms with van der Waals surface area (Å²) in [6.07, 6.45) is -3.27. The Morgan fingerprint density at radius 2 is 0.711 bits per heavy atom. The molecule has 0 saturated carbocycles. The Balaban J connectivity index is 1.49. The van der Waals surface area contributed by atoms with Crippen LogP contribution in [0.15, 0.2) is 91.0 Å². The van der Waals surface area contributed by atoms with Gasteiger partial charge in [0.1, 0.15) is 37.1 Å². The average molecular weight is 622 g/mol. The van der Waals surface area contributed by atoms with E-state index < -0.39 is 74.1 Å². The zero-order chi connectivity index (χ0) is 32.0. The van der Waals surface area contributed by atoms with Crippen LogP contribution < -0.4 is 30.2 Å². The van der Waals surface area contributed by atoms with Gasteiger partial charge < -0.3 is 44.4 Å². The van der Waals surface area contributed by atoms with E-state index in [4.69, 9.17) is 28.4 Å². The van der Waals surface area contributed by atoms with Gasteiger partial charge in [0.2, 0.25) is 0 Å². The molecule has 3 unspecified atom stereocenters. The summed E-state index contributed by atoms with van der Waals surface area (Å²) in [5.41, 5.74) is 0. The van der Waals surface area contributed by atoms with Gasteiger partial charge in [-0.3, -0.25) is 0 Å². The molecule has 0 radical (unpaired) electrons. The Hall–Kier alpha value is -6.12. The normalized spacial score (nSPS) is 18.7. The zero-order valence-electron chi connectivity index (χ0n) is 23.4. The minimum Gasteiger partial charge on any atom is -0.461 e. The van der Waals surface area contributed by atoms with Gasteiger partial charge in [-0.1, -0.05) is 54.6 Å². The maximum atomic E-state index is 12.9. The number of carbonyl (C=O) groups excluding carboxylic acids is 6. The van der Waals surface area contributed by atoms with Gasteiger partial charge in [0.15, 0.2) is 18.1 Å². The van der Waals surface area contributed by atoms with Crippen molar-refractivity contribution in [2.45, 2.75) is 18.1 Å². The molecule has 3 amide bonds. The van der Waals surface area contributed by atoms with Gasteiger partial charge in [0.25, 0.3) is 0 Å². The molecule has 3 aromatic rings. The van der Waals surface area contributed by atoms with E-state index in [1.807, 2.05) is 0 Å². The molecule has 1 aliphatic rings. The third kappa shape index (κ3) is 10.3. The van der Waals surface area contributed by atoms with E-state index in [0.717, 1.165) is 0 Å². The molecule has 15 heteroatoms. The third-order valence-corrected chi connectivity index (χ3v) is 5.77. The molecule has 234 valence electrons. The van der Waals surface area contributed by atoms with Crippen LogP contribution in [0.3, 0.4) is 0 Å². The van der Waals surface area contributed by atoms with Gasteiger partial charge in [-0.25, -0.2) is 28.8 Å². The molecule has 1 heterocycles. The number of cyclic esters (lactones) is 3. The van der Waals surface area contributed by atoms with Crippen molar-refractivity contribution < 1.29 is 57.2 Å². The van der Waals surface area contributed by atoms with Crippen LogP contribution in [0.1, 0.15) is 0 Å². The number of nitrogens with one attached hydrogen (secondary N) is 3. The molecule has 0 bridgehead atoms. The summed E-state index contributed by atoms with van der Waals surface area (Å²) in [5.74, 6) is -3.01. The minimum absolute atomic E-state index is 0.152. The van der Waals surface area contributed by atoms with Gasteiger partial charge in [-0.05, 0) is 36.4 Å². The van der Waals surface area contributed by atoms with Crippen LogP contribution in [-0.4, -0.2) is 74.1 Å². The van der Waals surface area contributed by atoms with E-state index in [1.165, 1.54) is 36.4 Å². The Kier molecular flexibility index (Phi) is 11.3. The van der Waals surface area contributed by atoms with Gasteiger partial charge in [0, 0.05) is 0 Å². The first kappa shape index (κ1) is 31.8. The highest BCUT2D eigenvalue weighted by molar-refractivity contribution is 5.87. The Morgan fingerprint density at radius 3 is 0.956 bits per heavy atom. The summed E-state index contributed by atoms with van der Waals surface area (Å²) in [4.78, 5) is 76.3. The van der Waals surface area contributed by atoms with Crippen molar-refractivity contribution in [3.8, 4) is 17.2 Å². The second kappa shape index (κ2) is 15.9. The van der Waals surface area contributed by atoms with E-state index in [1.54, 1.807) is 54.6 Å². The summed E-state index contributed by atoms with van der Waals surface area (Å²) < 4.78 is 30.8. The van der Waals surface area contributed by atoms with Crippen molar-refractivity contribution in [3.05, 3.63) is 91.0 Å². The van der Waals surface area contributed by atoms with Crippen LogP contribution in [0.5, 0.6) is 17.2 Å². The number of carbonyl (C=O) groups is 6. The molecule has 1 fully saturated rings. The maximum Gasteiger partial charge on any atom is 0.413 e. The quantitative estimate of drug-likeness (QED) is 0.268. The number of amides is 3. The molecule has 45 heavy (non-hydrogen) atoms. The first-order valence-electron chi connectivity index (χ1n) is 13.4. The second-order valence-corrected chi connectivity index (χ2v) is 9.09. The van der Waals surface area contributed by atoms with E-state index in [0.29, 0.717) is 0 Å². The molecule has 0 spiro atoms. The number of esters is 3. The van der Waals surface area contributed by atoms with Crippen molar-refractivity contribution in [1.29, 1.82) is 0 Å². The molecule has 3 N–H and O–H groups in total. The fraction of sp³-hybridized carbons (Fsp3) is 0.200. The Bertz CT molecular complexity index is 1310.